The molecule has 0 atom stereocenters. The first-order chi connectivity index (χ1) is 14.8. The molecule has 0 spiro atoms. The van der Waals surface area contributed by atoms with Gasteiger partial charge in [-0.3, -0.25) is 0 Å². The second kappa shape index (κ2) is 6.46. The number of aromatic nitrogens is 1. The molecule has 0 fully saturated rings. The first-order valence-corrected chi connectivity index (χ1v) is 12.9. The fourth-order valence-electron chi connectivity index (χ4n) is 3.90. The number of hydrogen-bond donors (Lipinski definition) is 0. The molecule has 5 heteroatoms. The monoisotopic (exact) mass is 455 g/mol. The van der Waals surface area contributed by atoms with Crippen molar-refractivity contribution in [2.75, 3.05) is 0 Å². The molecule has 0 saturated carbocycles. The zero-order valence-electron chi connectivity index (χ0n) is 15.6. The Bertz CT molecular complexity index is 1550. The van der Waals surface area contributed by atoms with Gasteiger partial charge in [-0.2, -0.15) is 0 Å². The number of pyridine rings is 1. The van der Waals surface area contributed by atoms with Crippen LogP contribution < -0.4 is 0 Å². The highest BCUT2D eigenvalue weighted by molar-refractivity contribution is 7.38. The summed E-state index contributed by atoms with van der Waals surface area (Å²) in [5, 5.41) is 5.17. The second-order valence-corrected chi connectivity index (χ2v) is 11.5. The minimum absolute atomic E-state index is 1.12. The van der Waals surface area contributed by atoms with Crippen LogP contribution in [0.25, 0.3) is 59.4 Å². The van der Waals surface area contributed by atoms with Crippen molar-refractivity contribution in [2.45, 2.75) is 0 Å². The lowest BCUT2D eigenvalue weighted by molar-refractivity contribution is 1.61. The van der Waals surface area contributed by atoms with Gasteiger partial charge in [0.25, 0.3) is 0 Å². The summed E-state index contributed by atoms with van der Waals surface area (Å²) in [6, 6.07) is 28.7. The molecule has 0 radical (unpaired) electrons. The first kappa shape index (κ1) is 17.1. The van der Waals surface area contributed by atoms with E-state index in [-0.39, 0.29) is 0 Å². The van der Waals surface area contributed by atoms with Gasteiger partial charge in [0.1, 0.15) is 9.66 Å². The highest BCUT2D eigenvalue weighted by atomic mass is 32.1. The molecule has 0 amide bonds. The molecule has 4 aromatic carbocycles. The summed E-state index contributed by atoms with van der Waals surface area (Å²) in [4.78, 5) is 7.34. The van der Waals surface area contributed by atoms with Crippen LogP contribution in [0.15, 0.2) is 78.9 Å². The summed E-state index contributed by atoms with van der Waals surface area (Å²) < 4.78 is 7.79. The molecule has 0 N–H and O–H groups in total. The molecule has 0 aliphatic rings. The van der Waals surface area contributed by atoms with Crippen molar-refractivity contribution < 1.29 is 0 Å². The number of nitrogens with zero attached hydrogens (tertiary/aromatic N) is 1. The topological polar surface area (TPSA) is 12.9 Å². The predicted molar refractivity (Wildman–Crippen MR) is 138 cm³/mol. The molecule has 0 unspecified atom stereocenters. The van der Waals surface area contributed by atoms with Crippen molar-refractivity contribution in [1.82, 2.24) is 4.98 Å². The number of hydrogen-bond acceptors (Lipinski definition) is 5. The van der Waals surface area contributed by atoms with E-state index in [1.54, 1.807) is 22.7 Å². The lowest BCUT2D eigenvalue weighted by Gasteiger charge is -2.06. The third-order valence-corrected chi connectivity index (χ3v) is 10.2. The fourth-order valence-corrected chi connectivity index (χ4v) is 8.52. The van der Waals surface area contributed by atoms with E-state index in [0.29, 0.717) is 0 Å². The largest absolute Gasteiger partial charge is 0.224 e. The van der Waals surface area contributed by atoms with E-state index in [2.05, 4.69) is 78.9 Å². The van der Waals surface area contributed by atoms with E-state index in [9.17, 15) is 0 Å². The van der Waals surface area contributed by atoms with Crippen LogP contribution >= 0.6 is 45.3 Å². The lowest BCUT2D eigenvalue weighted by Crippen LogP contribution is -1.79. The van der Waals surface area contributed by atoms with Gasteiger partial charge in [-0.1, -0.05) is 48.5 Å². The highest BCUT2D eigenvalue weighted by Gasteiger charge is 2.09. The third-order valence-electron chi connectivity index (χ3n) is 5.36. The van der Waals surface area contributed by atoms with E-state index in [1.165, 1.54) is 49.7 Å². The standard InChI is InChI=1S/C25H13NS4/c1-3-7-16-11-20-18(9-14(16)5-1)27-22-13-23-25(26-24(22)29-20)30-21-12-17-8-4-2-6-15(17)10-19(21)28-23/h1-13H. The van der Waals surface area contributed by atoms with E-state index in [0.717, 1.165) is 9.66 Å². The van der Waals surface area contributed by atoms with Gasteiger partial charge in [0, 0.05) is 18.8 Å². The normalized spacial score (nSPS) is 12.0. The Labute approximate surface area is 187 Å². The number of benzene rings is 4. The van der Waals surface area contributed by atoms with Crippen molar-refractivity contribution in [2.24, 2.45) is 0 Å². The Hall–Kier alpha value is -2.57. The minimum Gasteiger partial charge on any atom is -0.224 e. The number of rotatable bonds is 0. The molecule has 0 aliphatic carbocycles. The molecule has 30 heavy (non-hydrogen) atoms. The summed E-state index contributed by atoms with van der Waals surface area (Å²) in [5.74, 6) is 0. The molecule has 7 aromatic rings. The van der Waals surface area contributed by atoms with E-state index >= 15 is 0 Å². The maximum Gasteiger partial charge on any atom is 0.135 e. The molecule has 1 nitrogen and oxygen atoms in total. The van der Waals surface area contributed by atoms with Gasteiger partial charge in [0.2, 0.25) is 0 Å². The van der Waals surface area contributed by atoms with Gasteiger partial charge in [-0.25, -0.2) is 4.98 Å². The van der Waals surface area contributed by atoms with Crippen LogP contribution in [0.3, 0.4) is 0 Å². The maximum absolute atomic E-state index is 5.10. The molecule has 3 heterocycles. The first-order valence-electron chi connectivity index (χ1n) is 9.62. The molecular formula is C25H13NS4. The van der Waals surface area contributed by atoms with Crippen LogP contribution in [-0.4, -0.2) is 4.98 Å². The van der Waals surface area contributed by atoms with Crippen molar-refractivity contribution in [3.63, 3.8) is 0 Å². The van der Waals surface area contributed by atoms with Crippen molar-refractivity contribution >= 4 is 105 Å². The molecule has 0 bridgehead atoms. The maximum atomic E-state index is 5.10. The molecule has 0 saturated heterocycles. The quantitative estimate of drug-likeness (QED) is 0.208. The van der Waals surface area contributed by atoms with Gasteiger partial charge < -0.3 is 0 Å². The average molecular weight is 456 g/mol. The molecular weight excluding hydrogens is 443 g/mol. The SMILES string of the molecule is c1ccc2cc3sc4nc5sc6cc7ccccc7cc6sc5cc4sc3cc2c1. The zero-order valence-corrected chi connectivity index (χ0v) is 18.9. The minimum atomic E-state index is 1.12. The number of fused-ring (bicyclic) bond motifs is 6. The average Bonchev–Trinajstić information content (AvgIpc) is 2.77. The molecule has 0 aliphatic heterocycles. The highest BCUT2D eigenvalue weighted by Crippen LogP contribution is 2.40. The van der Waals surface area contributed by atoms with Gasteiger partial charge in [-0.05, 0) is 51.9 Å². The van der Waals surface area contributed by atoms with Gasteiger partial charge in [-0.15, -0.1) is 45.3 Å². The summed E-state index contributed by atoms with van der Waals surface area (Å²) in [7, 11) is 0. The Balaban J connectivity index is 1.54. The third kappa shape index (κ3) is 2.67. The fraction of sp³-hybridized carbons (Fsp3) is 0. The predicted octanol–water partition coefficient (Wildman–Crippen LogP) is 9.37. The molecule has 7 rings (SSSR count). The van der Waals surface area contributed by atoms with Gasteiger partial charge in [0.05, 0.1) is 9.40 Å². The van der Waals surface area contributed by atoms with Crippen LogP contribution in [0.5, 0.6) is 0 Å². The smallest absolute Gasteiger partial charge is 0.135 e. The van der Waals surface area contributed by atoms with E-state index in [4.69, 9.17) is 4.98 Å². The Morgan fingerprint density at radius 3 is 1.17 bits per heavy atom. The lowest BCUT2D eigenvalue weighted by atomic mass is 10.1. The summed E-state index contributed by atoms with van der Waals surface area (Å²) >= 11 is 7.30. The van der Waals surface area contributed by atoms with E-state index in [1.807, 2.05) is 22.7 Å². The van der Waals surface area contributed by atoms with Gasteiger partial charge >= 0.3 is 0 Å². The van der Waals surface area contributed by atoms with Crippen LogP contribution in [0.2, 0.25) is 0 Å². The van der Waals surface area contributed by atoms with Crippen LogP contribution in [0, 0.1) is 0 Å². The van der Waals surface area contributed by atoms with Crippen molar-refractivity contribution in [3.05, 3.63) is 78.9 Å². The van der Waals surface area contributed by atoms with Crippen molar-refractivity contribution in [3.8, 4) is 0 Å². The van der Waals surface area contributed by atoms with E-state index < -0.39 is 0 Å². The van der Waals surface area contributed by atoms with Crippen LogP contribution in [0.1, 0.15) is 0 Å². The van der Waals surface area contributed by atoms with Crippen LogP contribution in [-0.2, 0) is 0 Å². The van der Waals surface area contributed by atoms with Crippen LogP contribution in [0.4, 0.5) is 0 Å². The molecule has 3 aromatic heterocycles. The summed E-state index contributed by atoms with van der Waals surface area (Å²) in [6.45, 7) is 0. The Morgan fingerprint density at radius 1 is 0.400 bits per heavy atom. The molecule has 142 valence electrons. The summed E-state index contributed by atoms with van der Waals surface area (Å²) in [5.41, 5.74) is 0. The Kier molecular flexibility index (Phi) is 3.69. The van der Waals surface area contributed by atoms with Crippen molar-refractivity contribution in [1.29, 1.82) is 0 Å². The second-order valence-electron chi connectivity index (χ2n) is 7.30. The van der Waals surface area contributed by atoms with Gasteiger partial charge in [0.15, 0.2) is 0 Å². The Morgan fingerprint density at radius 2 is 0.767 bits per heavy atom. The summed E-state index contributed by atoms with van der Waals surface area (Å²) in [6.07, 6.45) is 0. The zero-order chi connectivity index (χ0) is 19.7.